The van der Waals surface area contributed by atoms with Crippen LogP contribution in [0.3, 0.4) is 0 Å². The maximum Gasteiger partial charge on any atom is 0.399 e. The Morgan fingerprint density at radius 3 is 2.74 bits per heavy atom. The second-order valence-corrected chi connectivity index (χ2v) is 8.74. The van der Waals surface area contributed by atoms with Crippen LogP contribution in [-0.4, -0.2) is 47.2 Å². The number of aromatic amines is 1. The summed E-state index contributed by atoms with van der Waals surface area (Å²) in [6.45, 7) is 0.932. The van der Waals surface area contributed by atoms with Gasteiger partial charge in [0.25, 0.3) is 5.56 Å². The number of alkyl halides is 3. The van der Waals surface area contributed by atoms with Gasteiger partial charge in [0.2, 0.25) is 0 Å². The van der Waals surface area contributed by atoms with Crippen LogP contribution in [0.5, 0.6) is 0 Å². The Balaban J connectivity index is 1.50. The van der Waals surface area contributed by atoms with Crippen LogP contribution < -0.4 is 16.2 Å². The second-order valence-electron chi connectivity index (χ2n) is 8.74. The average Bonchev–Trinajstić information content (AvgIpc) is 3.47. The van der Waals surface area contributed by atoms with Crippen molar-refractivity contribution in [2.75, 3.05) is 31.6 Å². The molecule has 2 aliphatic rings. The van der Waals surface area contributed by atoms with Crippen molar-refractivity contribution in [3.05, 3.63) is 52.4 Å². The highest BCUT2D eigenvalue weighted by molar-refractivity contribution is 5.91. The molecule has 3 atom stereocenters. The van der Waals surface area contributed by atoms with Crippen molar-refractivity contribution < 1.29 is 17.9 Å². The van der Waals surface area contributed by atoms with E-state index in [-0.39, 0.29) is 41.9 Å². The predicted octanol–water partition coefficient (Wildman–Crippen LogP) is 3.36. The van der Waals surface area contributed by atoms with Crippen LogP contribution in [0.2, 0.25) is 0 Å². The quantitative estimate of drug-likeness (QED) is 0.538. The first-order chi connectivity index (χ1) is 16.3. The van der Waals surface area contributed by atoms with Gasteiger partial charge >= 0.3 is 6.18 Å². The van der Waals surface area contributed by atoms with E-state index in [0.717, 1.165) is 0 Å². The highest BCUT2D eigenvalue weighted by Crippen LogP contribution is 2.45. The summed E-state index contributed by atoms with van der Waals surface area (Å²) in [6.07, 6.45) is -2.31. The zero-order chi connectivity index (χ0) is 23.9. The molecule has 5 rings (SSSR count). The van der Waals surface area contributed by atoms with E-state index in [1.807, 2.05) is 0 Å². The van der Waals surface area contributed by atoms with Gasteiger partial charge in [0.1, 0.15) is 10.8 Å². The third kappa shape index (κ3) is 3.63. The summed E-state index contributed by atoms with van der Waals surface area (Å²) >= 11 is 0. The Morgan fingerprint density at radius 1 is 1.26 bits per heavy atom. The highest BCUT2D eigenvalue weighted by Gasteiger charge is 2.57. The monoisotopic (exact) mass is 472 g/mol. The van der Waals surface area contributed by atoms with Crippen LogP contribution in [0.25, 0.3) is 10.9 Å². The molecular formula is C23H23F3N6O2. The van der Waals surface area contributed by atoms with E-state index in [0.29, 0.717) is 42.8 Å². The van der Waals surface area contributed by atoms with Crippen molar-refractivity contribution in [3.8, 4) is 6.07 Å². The SMILES string of the molecule is N#C[C@H]1CCOC[C@@H]1n1nc(Nc2ccc(C3(C(F)(F)F)CCNC3)cc2)c2c(=O)[nH]ccc21. The summed E-state index contributed by atoms with van der Waals surface area (Å²) in [5.74, 6) is -0.0539. The maximum absolute atomic E-state index is 13.9. The number of nitriles is 1. The Hall–Kier alpha value is -3.36. The van der Waals surface area contributed by atoms with Crippen LogP contribution in [0.15, 0.2) is 41.3 Å². The lowest BCUT2D eigenvalue weighted by atomic mass is 9.79. The number of aromatic nitrogens is 3. The number of nitrogens with one attached hydrogen (secondary N) is 3. The van der Waals surface area contributed by atoms with E-state index < -0.39 is 11.6 Å². The Kier molecular flexibility index (Phi) is 5.58. The average molecular weight is 472 g/mol. The molecule has 34 heavy (non-hydrogen) atoms. The molecule has 2 fully saturated rings. The molecule has 11 heteroatoms. The Morgan fingerprint density at radius 2 is 2.06 bits per heavy atom. The summed E-state index contributed by atoms with van der Waals surface area (Å²) in [5.41, 5.74) is -1.03. The number of H-pyrrole nitrogens is 1. The molecule has 3 N–H and O–H groups in total. The van der Waals surface area contributed by atoms with Gasteiger partial charge in [-0.05, 0) is 43.1 Å². The molecule has 1 aromatic carbocycles. The number of halogens is 3. The van der Waals surface area contributed by atoms with Crippen molar-refractivity contribution >= 4 is 22.4 Å². The van der Waals surface area contributed by atoms with Gasteiger partial charge in [0.05, 0.1) is 30.2 Å². The molecular weight excluding hydrogens is 449 g/mol. The number of benzene rings is 1. The molecule has 0 saturated carbocycles. The van der Waals surface area contributed by atoms with Crippen molar-refractivity contribution in [1.29, 1.82) is 5.26 Å². The number of rotatable bonds is 4. The number of hydrogen-bond donors (Lipinski definition) is 3. The summed E-state index contributed by atoms with van der Waals surface area (Å²) in [7, 11) is 0. The molecule has 3 aromatic rings. The van der Waals surface area contributed by atoms with Gasteiger partial charge in [0, 0.05) is 25.0 Å². The van der Waals surface area contributed by atoms with E-state index in [4.69, 9.17) is 4.74 Å². The molecule has 1 unspecified atom stereocenters. The molecule has 2 saturated heterocycles. The Bertz CT molecular complexity index is 1290. The number of anilines is 2. The fourth-order valence-electron chi connectivity index (χ4n) is 4.91. The van der Waals surface area contributed by atoms with E-state index >= 15 is 0 Å². The highest BCUT2D eigenvalue weighted by atomic mass is 19.4. The molecule has 0 radical (unpaired) electrons. The van der Waals surface area contributed by atoms with Crippen LogP contribution in [-0.2, 0) is 10.2 Å². The van der Waals surface area contributed by atoms with Crippen LogP contribution in [0.4, 0.5) is 24.7 Å². The van der Waals surface area contributed by atoms with Gasteiger partial charge in [-0.2, -0.15) is 23.5 Å². The zero-order valence-electron chi connectivity index (χ0n) is 18.2. The maximum atomic E-state index is 13.9. The molecule has 2 aromatic heterocycles. The third-order valence-corrected chi connectivity index (χ3v) is 6.83. The number of nitrogens with zero attached hydrogens (tertiary/aromatic N) is 3. The molecule has 8 nitrogen and oxygen atoms in total. The van der Waals surface area contributed by atoms with Gasteiger partial charge in [-0.3, -0.25) is 9.48 Å². The number of ether oxygens (including phenoxy) is 1. The zero-order valence-corrected chi connectivity index (χ0v) is 18.2. The van der Waals surface area contributed by atoms with Crippen molar-refractivity contribution in [2.24, 2.45) is 5.92 Å². The van der Waals surface area contributed by atoms with Crippen LogP contribution in [0.1, 0.15) is 24.4 Å². The second kappa shape index (κ2) is 8.45. The van der Waals surface area contributed by atoms with Crippen molar-refractivity contribution in [1.82, 2.24) is 20.1 Å². The fourth-order valence-corrected chi connectivity index (χ4v) is 4.91. The summed E-state index contributed by atoms with van der Waals surface area (Å²) in [6, 6.07) is 9.70. The largest absolute Gasteiger partial charge is 0.399 e. The number of fused-ring (bicyclic) bond motifs is 1. The van der Waals surface area contributed by atoms with E-state index in [1.165, 1.54) is 18.3 Å². The van der Waals surface area contributed by atoms with Crippen molar-refractivity contribution in [3.63, 3.8) is 0 Å². The minimum absolute atomic E-state index is 0.0167. The summed E-state index contributed by atoms with van der Waals surface area (Å²) in [4.78, 5) is 15.3. The van der Waals surface area contributed by atoms with E-state index in [1.54, 1.807) is 22.9 Å². The smallest absolute Gasteiger partial charge is 0.379 e. The lowest BCUT2D eigenvalue weighted by Crippen LogP contribution is -2.44. The molecule has 4 heterocycles. The van der Waals surface area contributed by atoms with Gasteiger partial charge in [0.15, 0.2) is 5.82 Å². The van der Waals surface area contributed by atoms with E-state index in [2.05, 4.69) is 26.8 Å². The van der Waals surface area contributed by atoms with E-state index in [9.17, 15) is 23.2 Å². The van der Waals surface area contributed by atoms with Gasteiger partial charge in [-0.15, -0.1) is 0 Å². The minimum atomic E-state index is -4.37. The number of pyridine rings is 1. The first-order valence-corrected chi connectivity index (χ1v) is 11.1. The van der Waals surface area contributed by atoms with Crippen molar-refractivity contribution in [2.45, 2.75) is 30.5 Å². The third-order valence-electron chi connectivity index (χ3n) is 6.83. The lowest BCUT2D eigenvalue weighted by Gasteiger charge is -2.31. The van der Waals surface area contributed by atoms with Crippen LogP contribution >= 0.6 is 0 Å². The standard InChI is InChI=1S/C23H23F3N6O2/c24-23(25,26)22(7-9-28-13-22)15-1-3-16(4-2-15)30-20-19-17(5-8-29-21(19)33)32(31-20)18-12-34-10-6-14(18)11-27/h1-5,8,14,18,28H,6-7,9-10,12-13H2,(H,29,33)(H,30,31)/t14-,18+,22?/m1/s1. The summed E-state index contributed by atoms with van der Waals surface area (Å²) in [5, 5.41) is 20.4. The molecule has 0 amide bonds. The first kappa shape index (κ1) is 22.4. The van der Waals surface area contributed by atoms with Gasteiger partial charge in [-0.1, -0.05) is 12.1 Å². The fraction of sp³-hybridized carbons (Fsp3) is 0.435. The van der Waals surface area contributed by atoms with Gasteiger partial charge in [-0.25, -0.2) is 0 Å². The molecule has 178 valence electrons. The normalized spacial score (nSPS) is 25.4. The molecule has 2 aliphatic heterocycles. The van der Waals surface area contributed by atoms with Gasteiger partial charge < -0.3 is 20.4 Å². The molecule has 0 spiro atoms. The predicted molar refractivity (Wildman–Crippen MR) is 119 cm³/mol. The lowest BCUT2D eigenvalue weighted by molar-refractivity contribution is -0.184. The summed E-state index contributed by atoms with van der Waals surface area (Å²) < 4.78 is 48.8. The number of hydrogen-bond acceptors (Lipinski definition) is 6. The first-order valence-electron chi connectivity index (χ1n) is 11.1. The Labute approximate surface area is 192 Å². The molecule has 0 bridgehead atoms. The van der Waals surface area contributed by atoms with Crippen LogP contribution in [0, 0.1) is 17.2 Å². The topological polar surface area (TPSA) is 108 Å². The molecule has 0 aliphatic carbocycles. The minimum Gasteiger partial charge on any atom is -0.379 e.